The van der Waals surface area contributed by atoms with Crippen LogP contribution in [0.2, 0.25) is 0 Å². The van der Waals surface area contributed by atoms with E-state index in [-0.39, 0.29) is 11.8 Å². The first-order valence-corrected chi connectivity index (χ1v) is 6.93. The van der Waals surface area contributed by atoms with Crippen LogP contribution < -0.4 is 0 Å². The first kappa shape index (κ1) is 14.6. The van der Waals surface area contributed by atoms with Crippen LogP contribution in [0.15, 0.2) is 0 Å². The summed E-state index contributed by atoms with van der Waals surface area (Å²) in [5.74, 6) is 0.00487. The van der Waals surface area contributed by atoms with Crippen molar-refractivity contribution in [2.45, 2.75) is 25.8 Å². The number of rotatable bonds is 1. The molecule has 2 aliphatic rings. The highest BCUT2D eigenvalue weighted by molar-refractivity contribution is 5.86. The summed E-state index contributed by atoms with van der Waals surface area (Å²) in [7, 11) is 1.33. The van der Waals surface area contributed by atoms with Crippen molar-refractivity contribution in [2.24, 2.45) is 0 Å². The van der Waals surface area contributed by atoms with E-state index < -0.39 is 12.1 Å². The molecule has 112 valence electrons. The van der Waals surface area contributed by atoms with Gasteiger partial charge in [0.1, 0.15) is 6.04 Å². The van der Waals surface area contributed by atoms with Gasteiger partial charge in [0.2, 0.25) is 11.8 Å². The molecule has 20 heavy (non-hydrogen) atoms. The Kier molecular flexibility index (Phi) is 4.46. The molecule has 0 radical (unpaired) electrons. The molecular formula is C13H21N3O4. The van der Waals surface area contributed by atoms with Crippen molar-refractivity contribution < 1.29 is 19.1 Å². The third-order valence-corrected chi connectivity index (χ3v) is 3.98. The monoisotopic (exact) mass is 283 g/mol. The predicted molar refractivity (Wildman–Crippen MR) is 71.0 cm³/mol. The average Bonchev–Trinajstić information content (AvgIpc) is 2.95. The van der Waals surface area contributed by atoms with E-state index in [1.807, 2.05) is 0 Å². The zero-order valence-corrected chi connectivity index (χ0v) is 12.0. The lowest BCUT2D eigenvalue weighted by Gasteiger charge is -2.36. The van der Waals surface area contributed by atoms with E-state index in [1.165, 1.54) is 18.9 Å². The second-order valence-electron chi connectivity index (χ2n) is 5.15. The Labute approximate surface area is 118 Å². The van der Waals surface area contributed by atoms with Gasteiger partial charge in [-0.2, -0.15) is 0 Å². The molecular weight excluding hydrogens is 262 g/mol. The molecule has 2 aliphatic heterocycles. The quantitative estimate of drug-likeness (QED) is 0.674. The van der Waals surface area contributed by atoms with E-state index in [0.29, 0.717) is 39.1 Å². The summed E-state index contributed by atoms with van der Waals surface area (Å²) < 4.78 is 4.71. The van der Waals surface area contributed by atoms with Gasteiger partial charge in [-0.15, -0.1) is 0 Å². The number of amides is 3. The average molecular weight is 283 g/mol. The second-order valence-corrected chi connectivity index (χ2v) is 5.15. The first-order chi connectivity index (χ1) is 9.54. The van der Waals surface area contributed by atoms with Crippen LogP contribution in [0.3, 0.4) is 0 Å². The Morgan fingerprint density at radius 3 is 2.15 bits per heavy atom. The topological polar surface area (TPSA) is 70.2 Å². The van der Waals surface area contributed by atoms with Gasteiger partial charge in [-0.1, -0.05) is 0 Å². The molecule has 1 atom stereocenters. The van der Waals surface area contributed by atoms with Gasteiger partial charge in [0.25, 0.3) is 0 Å². The minimum absolute atomic E-state index is 0.0314. The highest BCUT2D eigenvalue weighted by Crippen LogP contribution is 2.21. The zero-order valence-electron chi connectivity index (χ0n) is 12.0. The minimum Gasteiger partial charge on any atom is -0.453 e. The number of nitrogens with zero attached hydrogens (tertiary/aromatic N) is 3. The van der Waals surface area contributed by atoms with Crippen molar-refractivity contribution in [1.29, 1.82) is 0 Å². The van der Waals surface area contributed by atoms with Gasteiger partial charge in [0, 0.05) is 39.6 Å². The number of carbonyl (C=O) groups excluding carboxylic acids is 3. The third kappa shape index (κ3) is 2.86. The number of piperazine rings is 1. The molecule has 2 saturated heterocycles. The van der Waals surface area contributed by atoms with E-state index in [1.54, 1.807) is 9.80 Å². The third-order valence-electron chi connectivity index (χ3n) is 3.98. The number of ether oxygens (including phenoxy) is 1. The molecule has 3 amide bonds. The van der Waals surface area contributed by atoms with Crippen molar-refractivity contribution >= 4 is 17.9 Å². The van der Waals surface area contributed by atoms with E-state index in [2.05, 4.69) is 0 Å². The summed E-state index contributed by atoms with van der Waals surface area (Å²) in [6, 6.07) is -0.411. The van der Waals surface area contributed by atoms with E-state index >= 15 is 0 Å². The molecule has 0 N–H and O–H groups in total. The normalized spacial score (nSPS) is 22.9. The molecule has 0 aromatic heterocycles. The number of carbonyl (C=O) groups is 3. The largest absolute Gasteiger partial charge is 0.453 e. The Hall–Kier alpha value is -1.79. The molecule has 7 heteroatoms. The molecule has 0 aromatic carbocycles. The van der Waals surface area contributed by atoms with Gasteiger partial charge in [0.05, 0.1) is 7.11 Å². The summed E-state index contributed by atoms with van der Waals surface area (Å²) in [5.41, 5.74) is 0. The lowest BCUT2D eigenvalue weighted by atomic mass is 10.1. The first-order valence-electron chi connectivity index (χ1n) is 6.93. The van der Waals surface area contributed by atoms with Crippen molar-refractivity contribution in [3.63, 3.8) is 0 Å². The van der Waals surface area contributed by atoms with E-state index in [0.717, 1.165) is 6.42 Å². The Bertz CT molecular complexity index is 404. The van der Waals surface area contributed by atoms with Crippen LogP contribution >= 0.6 is 0 Å². The minimum atomic E-state index is -0.441. The fraction of sp³-hybridized carbons (Fsp3) is 0.769. The fourth-order valence-electron chi connectivity index (χ4n) is 2.81. The second kappa shape index (κ2) is 6.11. The SMILES string of the molecule is COC(=O)N1CCCC1C(=O)N1CCN(C(C)=O)CC1. The molecule has 0 bridgehead atoms. The Morgan fingerprint density at radius 2 is 1.60 bits per heavy atom. The van der Waals surface area contributed by atoms with Crippen LogP contribution in [0.25, 0.3) is 0 Å². The van der Waals surface area contributed by atoms with Gasteiger partial charge < -0.3 is 14.5 Å². The maximum absolute atomic E-state index is 12.5. The summed E-state index contributed by atoms with van der Waals surface area (Å²) in [5, 5.41) is 0. The summed E-state index contributed by atoms with van der Waals surface area (Å²) in [6.45, 7) is 4.29. The summed E-state index contributed by atoms with van der Waals surface area (Å²) in [4.78, 5) is 40.4. The molecule has 0 spiro atoms. The molecule has 1 unspecified atom stereocenters. The van der Waals surface area contributed by atoms with Crippen LogP contribution in [-0.2, 0) is 14.3 Å². The highest BCUT2D eigenvalue weighted by atomic mass is 16.5. The molecule has 7 nitrogen and oxygen atoms in total. The molecule has 0 aromatic rings. The van der Waals surface area contributed by atoms with Gasteiger partial charge in [0.15, 0.2) is 0 Å². The summed E-state index contributed by atoms with van der Waals surface area (Å²) >= 11 is 0. The number of methoxy groups -OCH3 is 1. The van der Waals surface area contributed by atoms with Gasteiger partial charge >= 0.3 is 6.09 Å². The van der Waals surface area contributed by atoms with Gasteiger partial charge in [-0.3, -0.25) is 14.5 Å². The summed E-state index contributed by atoms with van der Waals surface area (Å²) in [6.07, 6.45) is 1.06. The molecule has 0 aliphatic carbocycles. The molecule has 2 fully saturated rings. The molecule has 2 heterocycles. The number of hydrogen-bond donors (Lipinski definition) is 0. The van der Waals surface area contributed by atoms with E-state index in [9.17, 15) is 14.4 Å². The van der Waals surface area contributed by atoms with Gasteiger partial charge in [-0.25, -0.2) is 4.79 Å². The van der Waals surface area contributed by atoms with Crippen molar-refractivity contribution in [1.82, 2.24) is 14.7 Å². The highest BCUT2D eigenvalue weighted by Gasteiger charge is 2.38. The van der Waals surface area contributed by atoms with Crippen molar-refractivity contribution in [2.75, 3.05) is 39.8 Å². The van der Waals surface area contributed by atoms with Crippen molar-refractivity contribution in [3.05, 3.63) is 0 Å². The number of hydrogen-bond acceptors (Lipinski definition) is 4. The maximum Gasteiger partial charge on any atom is 0.410 e. The Morgan fingerprint density at radius 1 is 1.00 bits per heavy atom. The fourth-order valence-corrected chi connectivity index (χ4v) is 2.81. The van der Waals surface area contributed by atoms with Crippen LogP contribution in [-0.4, -0.2) is 78.5 Å². The standard InChI is InChI=1S/C13H21N3O4/c1-10(17)14-6-8-15(9-7-14)12(18)11-4-3-5-16(11)13(19)20-2/h11H,3-9H2,1-2H3. The smallest absolute Gasteiger partial charge is 0.410 e. The lowest BCUT2D eigenvalue weighted by molar-refractivity contribution is -0.141. The predicted octanol–water partition coefficient (Wildman–Crippen LogP) is -0.0921. The van der Waals surface area contributed by atoms with Gasteiger partial charge in [-0.05, 0) is 12.8 Å². The number of likely N-dealkylation sites (tertiary alicyclic amines) is 1. The van der Waals surface area contributed by atoms with Crippen LogP contribution in [0, 0.1) is 0 Å². The van der Waals surface area contributed by atoms with E-state index in [4.69, 9.17) is 4.74 Å². The van der Waals surface area contributed by atoms with Crippen LogP contribution in [0.1, 0.15) is 19.8 Å². The lowest BCUT2D eigenvalue weighted by Crippen LogP contribution is -2.55. The maximum atomic E-state index is 12.5. The van der Waals surface area contributed by atoms with Crippen LogP contribution in [0.5, 0.6) is 0 Å². The molecule has 2 rings (SSSR count). The van der Waals surface area contributed by atoms with Crippen molar-refractivity contribution in [3.8, 4) is 0 Å². The van der Waals surface area contributed by atoms with Crippen LogP contribution in [0.4, 0.5) is 4.79 Å². The Balaban J connectivity index is 1.94. The zero-order chi connectivity index (χ0) is 14.7. The molecule has 0 saturated carbocycles.